The lowest BCUT2D eigenvalue weighted by atomic mass is 9.94. The molecule has 140 valence electrons. The zero-order valence-electron chi connectivity index (χ0n) is 15.6. The van der Waals surface area contributed by atoms with Crippen LogP contribution in [0.3, 0.4) is 0 Å². The molecule has 7 heteroatoms. The van der Waals surface area contributed by atoms with Crippen molar-refractivity contribution in [2.45, 2.75) is 39.2 Å². The maximum atomic E-state index is 11.4. The van der Waals surface area contributed by atoms with Gasteiger partial charge in [0.25, 0.3) is 0 Å². The number of nitrogens with one attached hydrogen (secondary N) is 1. The fourth-order valence-corrected chi connectivity index (χ4v) is 3.19. The highest BCUT2D eigenvalue weighted by Gasteiger charge is 2.29. The molecule has 1 aliphatic heterocycles. The van der Waals surface area contributed by atoms with Gasteiger partial charge in [-0.05, 0) is 30.7 Å². The molecule has 4 rings (SSSR count). The van der Waals surface area contributed by atoms with Crippen molar-refractivity contribution in [2.75, 3.05) is 6.54 Å². The van der Waals surface area contributed by atoms with Crippen LogP contribution < -0.4 is 4.74 Å². The maximum absolute atomic E-state index is 11.4. The summed E-state index contributed by atoms with van der Waals surface area (Å²) in [6.45, 7) is 6.75. The van der Waals surface area contributed by atoms with E-state index in [1.54, 1.807) is 0 Å². The quantitative estimate of drug-likeness (QED) is 0.713. The van der Waals surface area contributed by atoms with Crippen LogP contribution in [0.25, 0.3) is 10.9 Å². The van der Waals surface area contributed by atoms with Gasteiger partial charge in [0, 0.05) is 34.6 Å². The van der Waals surface area contributed by atoms with Crippen molar-refractivity contribution in [3.05, 3.63) is 47.5 Å². The fraction of sp³-hybridized carbons (Fsp3) is 0.350. The van der Waals surface area contributed by atoms with Crippen molar-refractivity contribution in [2.24, 2.45) is 0 Å². The van der Waals surface area contributed by atoms with Gasteiger partial charge in [-0.25, -0.2) is 9.78 Å². The van der Waals surface area contributed by atoms with Crippen molar-refractivity contribution in [1.29, 1.82) is 0 Å². The van der Waals surface area contributed by atoms with Gasteiger partial charge in [-0.1, -0.05) is 20.8 Å². The van der Waals surface area contributed by atoms with Gasteiger partial charge >= 0.3 is 6.09 Å². The number of fused-ring (bicyclic) bond motifs is 2. The monoisotopic (exact) mass is 366 g/mol. The van der Waals surface area contributed by atoms with Gasteiger partial charge in [0.15, 0.2) is 0 Å². The van der Waals surface area contributed by atoms with E-state index in [0.717, 1.165) is 22.2 Å². The predicted molar refractivity (Wildman–Crippen MR) is 101 cm³/mol. The summed E-state index contributed by atoms with van der Waals surface area (Å²) in [5.74, 6) is 1.86. The second kappa shape index (κ2) is 6.26. The predicted octanol–water partition coefficient (Wildman–Crippen LogP) is 4.08. The Morgan fingerprint density at radius 3 is 2.81 bits per heavy atom. The van der Waals surface area contributed by atoms with Crippen LogP contribution in [-0.4, -0.2) is 37.6 Å². The van der Waals surface area contributed by atoms with Gasteiger partial charge in [-0.15, -0.1) is 0 Å². The van der Waals surface area contributed by atoms with Crippen molar-refractivity contribution in [1.82, 2.24) is 19.9 Å². The molecule has 0 bridgehead atoms. The number of carboxylic acid groups (broad SMARTS) is 1. The lowest BCUT2D eigenvalue weighted by Crippen LogP contribution is -2.36. The van der Waals surface area contributed by atoms with Crippen molar-refractivity contribution in [3.8, 4) is 11.6 Å². The van der Waals surface area contributed by atoms with Crippen molar-refractivity contribution < 1.29 is 14.6 Å². The summed E-state index contributed by atoms with van der Waals surface area (Å²) in [6.07, 6.45) is 1.49. The highest BCUT2D eigenvalue weighted by molar-refractivity contribution is 5.80. The number of hydrogen-bond donors (Lipinski definition) is 2. The number of amides is 1. The fourth-order valence-electron chi connectivity index (χ4n) is 3.19. The number of H-pyrrole nitrogens is 1. The van der Waals surface area contributed by atoms with Crippen LogP contribution in [0.1, 0.15) is 37.9 Å². The molecular weight excluding hydrogens is 344 g/mol. The maximum Gasteiger partial charge on any atom is 0.407 e. The third-order valence-corrected chi connectivity index (χ3v) is 4.71. The van der Waals surface area contributed by atoms with Gasteiger partial charge in [0.1, 0.15) is 11.6 Å². The molecule has 0 aliphatic carbocycles. The van der Waals surface area contributed by atoms with Crippen LogP contribution in [0.5, 0.6) is 11.6 Å². The molecule has 0 saturated carbocycles. The van der Waals surface area contributed by atoms with E-state index in [1.165, 1.54) is 4.90 Å². The number of carbonyl (C=O) groups is 1. The van der Waals surface area contributed by atoms with Crippen LogP contribution in [0.2, 0.25) is 0 Å². The Hall–Kier alpha value is -3.09. The van der Waals surface area contributed by atoms with E-state index < -0.39 is 6.09 Å². The molecule has 0 radical (unpaired) electrons. The van der Waals surface area contributed by atoms with E-state index in [2.05, 4.69) is 15.0 Å². The van der Waals surface area contributed by atoms with Gasteiger partial charge in [-0.2, -0.15) is 4.98 Å². The van der Waals surface area contributed by atoms with Crippen LogP contribution in [0, 0.1) is 0 Å². The average Bonchev–Trinajstić information content (AvgIpc) is 3.08. The number of nitrogens with zero attached hydrogens (tertiary/aromatic N) is 3. The molecule has 2 aromatic heterocycles. The molecular formula is C20H22N4O3. The molecule has 0 unspecified atom stereocenters. The van der Waals surface area contributed by atoms with E-state index in [4.69, 9.17) is 4.74 Å². The second-order valence-electron chi connectivity index (χ2n) is 7.81. The molecule has 3 heterocycles. The first-order chi connectivity index (χ1) is 12.8. The van der Waals surface area contributed by atoms with Crippen molar-refractivity contribution in [3.63, 3.8) is 0 Å². The summed E-state index contributed by atoms with van der Waals surface area (Å²) in [5.41, 5.74) is 2.37. The number of hydrogen-bond acceptors (Lipinski definition) is 4. The minimum atomic E-state index is -0.933. The number of rotatable bonds is 2. The van der Waals surface area contributed by atoms with E-state index in [0.29, 0.717) is 30.4 Å². The number of aromatic nitrogens is 3. The molecule has 27 heavy (non-hydrogen) atoms. The van der Waals surface area contributed by atoms with Gasteiger partial charge in [-0.3, -0.25) is 0 Å². The third-order valence-electron chi connectivity index (χ3n) is 4.71. The second-order valence-corrected chi connectivity index (χ2v) is 7.81. The van der Waals surface area contributed by atoms with Crippen LogP contribution >= 0.6 is 0 Å². The highest BCUT2D eigenvalue weighted by Crippen LogP contribution is 2.33. The topological polar surface area (TPSA) is 91.3 Å². The Labute approximate surface area is 157 Å². The van der Waals surface area contributed by atoms with Crippen molar-refractivity contribution >= 4 is 17.0 Å². The smallest absolute Gasteiger partial charge is 0.407 e. The molecule has 1 aliphatic rings. The lowest BCUT2D eigenvalue weighted by Gasteiger charge is -2.28. The number of ether oxygens (including phenoxy) is 1. The number of aromatic amines is 1. The minimum Gasteiger partial charge on any atom is -0.465 e. The Morgan fingerprint density at radius 1 is 1.26 bits per heavy atom. The average molecular weight is 366 g/mol. The zero-order chi connectivity index (χ0) is 19.2. The van der Waals surface area contributed by atoms with Crippen LogP contribution in [0.4, 0.5) is 4.79 Å². The summed E-state index contributed by atoms with van der Waals surface area (Å²) in [5, 5.41) is 10.4. The first kappa shape index (κ1) is 17.3. The standard InChI is InChI=1S/C20H22N4O3/c1-20(2,3)18-22-16-11-24(19(25)26)9-7-14(16)17(23-18)27-13-4-5-15-12(10-13)6-8-21-15/h4-6,8,10,21H,7,9,11H2,1-3H3,(H,25,26). The number of benzene rings is 1. The molecule has 1 aromatic carbocycles. The molecule has 2 N–H and O–H groups in total. The third kappa shape index (κ3) is 3.32. The molecule has 3 aromatic rings. The Morgan fingerprint density at radius 2 is 2.07 bits per heavy atom. The van der Waals surface area contributed by atoms with Crippen LogP contribution in [0.15, 0.2) is 30.5 Å². The summed E-state index contributed by atoms with van der Waals surface area (Å²) in [4.78, 5) is 25.2. The Kier molecular flexibility index (Phi) is 4.02. The van der Waals surface area contributed by atoms with Gasteiger partial charge in [0.2, 0.25) is 5.88 Å². The highest BCUT2D eigenvalue weighted by atomic mass is 16.5. The van der Waals surface area contributed by atoms with Gasteiger partial charge < -0.3 is 19.7 Å². The molecule has 0 spiro atoms. The molecule has 1 amide bonds. The van der Waals surface area contributed by atoms with E-state index >= 15 is 0 Å². The SMILES string of the molecule is CC(C)(C)c1nc2c(c(Oc3ccc4[nH]ccc4c3)n1)CCN(C(=O)O)C2. The largest absolute Gasteiger partial charge is 0.465 e. The lowest BCUT2D eigenvalue weighted by molar-refractivity contribution is 0.138. The first-order valence-electron chi connectivity index (χ1n) is 8.94. The minimum absolute atomic E-state index is 0.253. The summed E-state index contributed by atoms with van der Waals surface area (Å²) < 4.78 is 6.15. The van der Waals surface area contributed by atoms with E-state index in [-0.39, 0.29) is 12.0 Å². The summed E-state index contributed by atoms with van der Waals surface area (Å²) >= 11 is 0. The molecule has 0 fully saturated rings. The van der Waals surface area contributed by atoms with Gasteiger partial charge in [0.05, 0.1) is 12.2 Å². The summed E-state index contributed by atoms with van der Waals surface area (Å²) in [7, 11) is 0. The Bertz CT molecular complexity index is 1020. The molecule has 0 atom stereocenters. The first-order valence-corrected chi connectivity index (χ1v) is 8.94. The van der Waals surface area contributed by atoms with E-state index in [1.807, 2.05) is 51.2 Å². The molecule has 0 saturated heterocycles. The normalized spacial score (nSPS) is 14.3. The Balaban J connectivity index is 1.76. The van der Waals surface area contributed by atoms with E-state index in [9.17, 15) is 9.90 Å². The molecule has 7 nitrogen and oxygen atoms in total. The summed E-state index contributed by atoms with van der Waals surface area (Å²) in [6, 6.07) is 7.82. The zero-order valence-corrected chi connectivity index (χ0v) is 15.6. The van der Waals surface area contributed by atoms with Crippen LogP contribution in [-0.2, 0) is 18.4 Å².